The summed E-state index contributed by atoms with van der Waals surface area (Å²) in [7, 11) is 1.69. The number of methoxy groups -OCH3 is 1. The Balaban J connectivity index is 1.71. The molecule has 1 saturated carbocycles. The minimum Gasteiger partial charge on any atom is -0.494 e. The molecule has 0 radical (unpaired) electrons. The first-order valence-corrected chi connectivity index (χ1v) is 9.02. The van der Waals surface area contributed by atoms with E-state index in [0.29, 0.717) is 0 Å². The topological polar surface area (TPSA) is 21.3 Å². The average Bonchev–Trinajstić information content (AvgIpc) is 2.91. The molecule has 0 aliphatic heterocycles. The molecular weight excluding hydrogens is 382 g/mol. The summed E-state index contributed by atoms with van der Waals surface area (Å²) in [5.74, 6) is 1.86. The molecule has 0 heterocycles. The highest BCUT2D eigenvalue weighted by Crippen LogP contribution is 2.34. The molecule has 0 atom stereocenters. The van der Waals surface area contributed by atoms with Gasteiger partial charge in [0.05, 0.1) is 16.1 Å². The second kappa shape index (κ2) is 8.40. The SMILES string of the molecule is COc1c(Br)cc(CNCCCC2CCCC2)cc1Br. The zero-order valence-electron chi connectivity index (χ0n) is 12.1. The van der Waals surface area contributed by atoms with Gasteiger partial charge in [0.2, 0.25) is 0 Å². The molecule has 0 amide bonds. The van der Waals surface area contributed by atoms with Crippen molar-refractivity contribution < 1.29 is 4.74 Å². The predicted molar refractivity (Wildman–Crippen MR) is 91.3 cm³/mol. The van der Waals surface area contributed by atoms with E-state index >= 15 is 0 Å². The highest BCUT2D eigenvalue weighted by Gasteiger charge is 2.13. The fraction of sp³-hybridized carbons (Fsp3) is 0.625. The molecule has 1 fully saturated rings. The van der Waals surface area contributed by atoms with Crippen LogP contribution in [0, 0.1) is 5.92 Å². The monoisotopic (exact) mass is 403 g/mol. The average molecular weight is 405 g/mol. The van der Waals surface area contributed by atoms with Crippen LogP contribution in [0.4, 0.5) is 0 Å². The van der Waals surface area contributed by atoms with Crippen molar-refractivity contribution in [2.75, 3.05) is 13.7 Å². The van der Waals surface area contributed by atoms with Crippen LogP contribution >= 0.6 is 31.9 Å². The van der Waals surface area contributed by atoms with Gasteiger partial charge in [0.15, 0.2) is 0 Å². The van der Waals surface area contributed by atoms with E-state index < -0.39 is 0 Å². The van der Waals surface area contributed by atoms with Crippen molar-refractivity contribution in [3.05, 3.63) is 26.6 Å². The second-order valence-corrected chi connectivity index (χ2v) is 7.27. The van der Waals surface area contributed by atoms with Crippen LogP contribution in [-0.2, 0) is 6.54 Å². The van der Waals surface area contributed by atoms with Gasteiger partial charge in [-0.25, -0.2) is 0 Å². The first-order valence-electron chi connectivity index (χ1n) is 7.43. The van der Waals surface area contributed by atoms with E-state index in [2.05, 4.69) is 49.3 Å². The highest BCUT2D eigenvalue weighted by molar-refractivity contribution is 9.11. The maximum absolute atomic E-state index is 5.32. The van der Waals surface area contributed by atoms with E-state index in [0.717, 1.165) is 33.7 Å². The molecule has 1 N–H and O–H groups in total. The van der Waals surface area contributed by atoms with Crippen molar-refractivity contribution in [2.24, 2.45) is 5.92 Å². The van der Waals surface area contributed by atoms with Gasteiger partial charge in [-0.2, -0.15) is 0 Å². The van der Waals surface area contributed by atoms with E-state index in [4.69, 9.17) is 4.74 Å². The van der Waals surface area contributed by atoms with Crippen LogP contribution in [0.1, 0.15) is 44.1 Å². The Morgan fingerprint density at radius 2 is 1.85 bits per heavy atom. The van der Waals surface area contributed by atoms with Crippen LogP contribution in [0.2, 0.25) is 0 Å². The van der Waals surface area contributed by atoms with Gasteiger partial charge in [-0.15, -0.1) is 0 Å². The number of ether oxygens (including phenoxy) is 1. The largest absolute Gasteiger partial charge is 0.494 e. The minimum atomic E-state index is 0.856. The van der Waals surface area contributed by atoms with Crippen LogP contribution in [0.5, 0.6) is 5.75 Å². The maximum Gasteiger partial charge on any atom is 0.147 e. The van der Waals surface area contributed by atoms with Crippen molar-refractivity contribution >= 4 is 31.9 Å². The third kappa shape index (κ3) is 4.74. The van der Waals surface area contributed by atoms with Crippen LogP contribution < -0.4 is 10.1 Å². The van der Waals surface area contributed by atoms with Crippen molar-refractivity contribution in [3.63, 3.8) is 0 Å². The number of hydrogen-bond donors (Lipinski definition) is 1. The Bertz CT molecular complexity index is 407. The zero-order valence-corrected chi connectivity index (χ0v) is 15.2. The van der Waals surface area contributed by atoms with Crippen molar-refractivity contribution in [1.82, 2.24) is 5.32 Å². The Morgan fingerprint density at radius 3 is 2.45 bits per heavy atom. The Labute approximate surface area is 138 Å². The lowest BCUT2D eigenvalue weighted by molar-refractivity contribution is 0.409. The molecular formula is C16H23Br2NO. The third-order valence-electron chi connectivity index (χ3n) is 4.03. The summed E-state index contributed by atoms with van der Waals surface area (Å²) in [5.41, 5.74) is 1.27. The molecule has 0 aromatic heterocycles. The zero-order chi connectivity index (χ0) is 14.4. The molecule has 1 aliphatic rings. The van der Waals surface area contributed by atoms with Crippen molar-refractivity contribution in [2.45, 2.75) is 45.1 Å². The number of halogens is 2. The van der Waals surface area contributed by atoms with E-state index in [1.54, 1.807) is 7.11 Å². The Hall–Kier alpha value is -0.0600. The molecule has 1 aliphatic carbocycles. The standard InChI is InChI=1S/C16H23Br2NO/c1-20-16-14(17)9-13(10-15(16)18)11-19-8-4-7-12-5-2-3-6-12/h9-10,12,19H,2-8,11H2,1H3. The molecule has 0 spiro atoms. The summed E-state index contributed by atoms with van der Waals surface area (Å²) < 4.78 is 7.31. The lowest BCUT2D eigenvalue weighted by Crippen LogP contribution is -2.15. The molecule has 0 bridgehead atoms. The molecule has 2 nitrogen and oxygen atoms in total. The molecule has 112 valence electrons. The normalized spacial score (nSPS) is 15.8. The number of hydrogen-bond acceptors (Lipinski definition) is 2. The van der Waals surface area contributed by atoms with Crippen LogP contribution in [0.15, 0.2) is 21.1 Å². The number of rotatable bonds is 7. The van der Waals surface area contributed by atoms with Gasteiger partial charge in [-0.3, -0.25) is 0 Å². The summed E-state index contributed by atoms with van der Waals surface area (Å²) in [6.45, 7) is 2.02. The predicted octanol–water partition coefficient (Wildman–Crippen LogP) is 5.28. The van der Waals surface area contributed by atoms with Gasteiger partial charge in [0.25, 0.3) is 0 Å². The summed E-state index contributed by atoms with van der Waals surface area (Å²) in [6, 6.07) is 4.24. The van der Waals surface area contributed by atoms with E-state index in [-0.39, 0.29) is 0 Å². The van der Waals surface area contributed by atoms with Crippen LogP contribution in [-0.4, -0.2) is 13.7 Å². The van der Waals surface area contributed by atoms with E-state index in [1.807, 2.05) is 0 Å². The van der Waals surface area contributed by atoms with Crippen molar-refractivity contribution in [1.29, 1.82) is 0 Å². The van der Waals surface area contributed by atoms with Gasteiger partial charge >= 0.3 is 0 Å². The quantitative estimate of drug-likeness (QED) is 0.624. The summed E-state index contributed by atoms with van der Waals surface area (Å²) in [5, 5.41) is 3.54. The van der Waals surface area contributed by atoms with Gasteiger partial charge in [0, 0.05) is 6.54 Å². The smallest absolute Gasteiger partial charge is 0.147 e. The van der Waals surface area contributed by atoms with Crippen molar-refractivity contribution in [3.8, 4) is 5.75 Å². The molecule has 0 unspecified atom stereocenters. The van der Waals surface area contributed by atoms with Gasteiger partial charge < -0.3 is 10.1 Å². The van der Waals surface area contributed by atoms with Gasteiger partial charge in [-0.1, -0.05) is 25.7 Å². The first-order chi connectivity index (χ1) is 9.70. The minimum absolute atomic E-state index is 0.856. The first kappa shape index (κ1) is 16.3. The Kier molecular flexibility index (Phi) is 6.85. The molecule has 1 aromatic carbocycles. The third-order valence-corrected chi connectivity index (χ3v) is 5.21. The lowest BCUT2D eigenvalue weighted by Gasteiger charge is -2.11. The summed E-state index contributed by atoms with van der Waals surface area (Å²) >= 11 is 7.09. The fourth-order valence-corrected chi connectivity index (χ4v) is 4.56. The van der Waals surface area contributed by atoms with E-state index in [1.165, 1.54) is 44.1 Å². The molecule has 1 aromatic rings. The number of benzene rings is 1. The maximum atomic E-state index is 5.32. The summed E-state index contributed by atoms with van der Waals surface area (Å²) in [4.78, 5) is 0. The Morgan fingerprint density at radius 1 is 1.20 bits per heavy atom. The number of nitrogens with one attached hydrogen (secondary N) is 1. The van der Waals surface area contributed by atoms with Crippen LogP contribution in [0.3, 0.4) is 0 Å². The van der Waals surface area contributed by atoms with Crippen LogP contribution in [0.25, 0.3) is 0 Å². The highest BCUT2D eigenvalue weighted by atomic mass is 79.9. The molecule has 4 heteroatoms. The summed E-state index contributed by atoms with van der Waals surface area (Å²) in [6.07, 6.45) is 8.50. The second-order valence-electron chi connectivity index (χ2n) is 5.56. The van der Waals surface area contributed by atoms with Gasteiger partial charge in [-0.05, 0) is 74.9 Å². The molecule has 20 heavy (non-hydrogen) atoms. The van der Waals surface area contributed by atoms with E-state index in [9.17, 15) is 0 Å². The fourth-order valence-electron chi connectivity index (χ4n) is 2.96. The molecule has 2 rings (SSSR count). The lowest BCUT2D eigenvalue weighted by atomic mass is 10.0. The van der Waals surface area contributed by atoms with Gasteiger partial charge in [0.1, 0.15) is 5.75 Å². The molecule has 0 saturated heterocycles.